The number of hydrogen-bond donors (Lipinski definition) is 2. The number of rotatable bonds is 5. The van der Waals surface area contributed by atoms with E-state index in [1.807, 2.05) is 48.5 Å². The van der Waals surface area contributed by atoms with E-state index in [4.69, 9.17) is 28.3 Å². The molecule has 2 aliphatic heterocycles. The van der Waals surface area contributed by atoms with Gasteiger partial charge in [0.25, 0.3) is 0 Å². The van der Waals surface area contributed by atoms with Gasteiger partial charge < -0.3 is 34.0 Å². The van der Waals surface area contributed by atoms with Crippen LogP contribution in [-0.4, -0.2) is 36.4 Å². The molecule has 0 saturated heterocycles. The van der Waals surface area contributed by atoms with Gasteiger partial charge in [0.2, 0.25) is 5.95 Å². The number of furan rings is 1. The second kappa shape index (κ2) is 8.27. The Labute approximate surface area is 189 Å². The van der Waals surface area contributed by atoms with E-state index in [2.05, 4.69) is 15.6 Å². The molecular formula is C24H20N4O5. The zero-order chi connectivity index (χ0) is 22.0. The fourth-order valence-electron chi connectivity index (χ4n) is 3.66. The van der Waals surface area contributed by atoms with E-state index >= 15 is 0 Å². The van der Waals surface area contributed by atoms with Crippen LogP contribution in [-0.2, 0) is 0 Å². The maximum Gasteiger partial charge on any atom is 0.229 e. The highest BCUT2D eigenvalue weighted by atomic mass is 16.6. The first kappa shape index (κ1) is 19.3. The molecule has 166 valence electrons. The Balaban J connectivity index is 1.32. The van der Waals surface area contributed by atoms with Gasteiger partial charge >= 0.3 is 0 Å². The quantitative estimate of drug-likeness (QED) is 0.451. The number of aromatic nitrogens is 2. The second-order valence-electron chi connectivity index (χ2n) is 7.40. The average Bonchev–Trinajstić information content (AvgIpc) is 3.39. The van der Waals surface area contributed by atoms with Crippen LogP contribution >= 0.6 is 0 Å². The van der Waals surface area contributed by atoms with Gasteiger partial charge in [-0.15, -0.1) is 0 Å². The molecule has 2 N–H and O–H groups in total. The fraction of sp³-hybridized carbons (Fsp3) is 0.167. The van der Waals surface area contributed by atoms with Gasteiger partial charge in [-0.1, -0.05) is 0 Å². The van der Waals surface area contributed by atoms with Gasteiger partial charge in [0.05, 0.1) is 11.8 Å². The van der Waals surface area contributed by atoms with E-state index in [-0.39, 0.29) is 0 Å². The number of anilines is 4. The molecule has 0 spiro atoms. The van der Waals surface area contributed by atoms with E-state index < -0.39 is 0 Å². The molecule has 0 amide bonds. The maximum atomic E-state index is 5.70. The number of nitrogens with one attached hydrogen (secondary N) is 2. The molecule has 9 nitrogen and oxygen atoms in total. The molecule has 0 saturated carbocycles. The Morgan fingerprint density at radius 2 is 1.33 bits per heavy atom. The van der Waals surface area contributed by atoms with Gasteiger partial charge in [0.1, 0.15) is 38.0 Å². The van der Waals surface area contributed by atoms with Crippen molar-refractivity contribution in [3.05, 3.63) is 61.0 Å². The third kappa shape index (κ3) is 3.96. The molecule has 2 aliphatic rings. The summed E-state index contributed by atoms with van der Waals surface area (Å²) in [6.45, 7) is 2.13. The molecule has 0 atom stereocenters. The largest absolute Gasteiger partial charge is 0.486 e. The van der Waals surface area contributed by atoms with E-state index in [0.29, 0.717) is 55.5 Å². The Bertz CT molecular complexity index is 1290. The van der Waals surface area contributed by atoms with E-state index in [1.54, 1.807) is 12.5 Å². The molecule has 0 bridgehead atoms. The van der Waals surface area contributed by atoms with E-state index in [1.165, 1.54) is 0 Å². The van der Waals surface area contributed by atoms with Gasteiger partial charge in [-0.2, -0.15) is 4.98 Å². The molecule has 0 radical (unpaired) electrons. The molecule has 0 fully saturated rings. The summed E-state index contributed by atoms with van der Waals surface area (Å²) in [5.41, 5.74) is 2.31. The minimum Gasteiger partial charge on any atom is -0.486 e. The Hall–Kier alpha value is -4.40. The Morgan fingerprint density at radius 3 is 1.97 bits per heavy atom. The number of nitrogens with zero attached hydrogens (tertiary/aromatic N) is 2. The van der Waals surface area contributed by atoms with E-state index in [0.717, 1.165) is 28.4 Å². The molecule has 33 heavy (non-hydrogen) atoms. The topological polar surface area (TPSA) is 99.9 Å². The Morgan fingerprint density at radius 1 is 0.697 bits per heavy atom. The lowest BCUT2D eigenvalue weighted by atomic mass is 10.2. The summed E-state index contributed by atoms with van der Waals surface area (Å²) in [7, 11) is 0. The van der Waals surface area contributed by atoms with Crippen LogP contribution in [0, 0.1) is 0 Å². The number of ether oxygens (including phenoxy) is 4. The first-order valence-corrected chi connectivity index (χ1v) is 10.6. The molecule has 0 unspecified atom stereocenters. The van der Waals surface area contributed by atoms with Crippen LogP contribution in [0.2, 0.25) is 0 Å². The molecule has 4 heterocycles. The lowest BCUT2D eigenvalue weighted by Gasteiger charge is -2.20. The van der Waals surface area contributed by atoms with Gasteiger partial charge in [0, 0.05) is 29.7 Å². The van der Waals surface area contributed by atoms with Crippen molar-refractivity contribution in [3.63, 3.8) is 0 Å². The zero-order valence-corrected chi connectivity index (χ0v) is 17.5. The summed E-state index contributed by atoms with van der Waals surface area (Å²) in [5.74, 6) is 4.48. The van der Waals surface area contributed by atoms with Crippen molar-refractivity contribution in [1.82, 2.24) is 9.97 Å². The third-order valence-corrected chi connectivity index (χ3v) is 5.18. The van der Waals surface area contributed by atoms with Crippen molar-refractivity contribution < 1.29 is 23.4 Å². The first-order chi connectivity index (χ1) is 16.3. The minimum atomic E-state index is 0.419. The first-order valence-electron chi connectivity index (χ1n) is 10.6. The van der Waals surface area contributed by atoms with Crippen molar-refractivity contribution in [1.29, 1.82) is 0 Å². The van der Waals surface area contributed by atoms with Gasteiger partial charge in [-0.05, 0) is 36.4 Å². The highest BCUT2D eigenvalue weighted by Crippen LogP contribution is 2.36. The zero-order valence-electron chi connectivity index (χ0n) is 17.5. The second-order valence-corrected chi connectivity index (χ2v) is 7.40. The highest BCUT2D eigenvalue weighted by molar-refractivity contribution is 5.77. The van der Waals surface area contributed by atoms with Crippen LogP contribution in [0.5, 0.6) is 23.0 Å². The normalized spacial score (nSPS) is 13.9. The average molecular weight is 444 g/mol. The van der Waals surface area contributed by atoms with Crippen molar-refractivity contribution in [2.45, 2.75) is 0 Å². The lowest BCUT2D eigenvalue weighted by molar-refractivity contribution is 0.171. The van der Waals surface area contributed by atoms with Crippen molar-refractivity contribution >= 4 is 23.1 Å². The van der Waals surface area contributed by atoms with Crippen LogP contribution in [0.25, 0.3) is 11.3 Å². The minimum absolute atomic E-state index is 0.419. The number of fused-ring (bicyclic) bond motifs is 2. The van der Waals surface area contributed by atoms with Crippen LogP contribution in [0.1, 0.15) is 0 Å². The van der Waals surface area contributed by atoms with Gasteiger partial charge in [-0.25, -0.2) is 4.98 Å². The molecule has 2 aromatic heterocycles. The standard InChI is InChI=1S/C24H20N4O5/c1-2-18(29-7-1)17-14-25-24(27-16-4-6-20-22(13-16)33-11-9-31-20)28-23(17)26-15-3-5-19-21(12-15)32-10-8-30-19/h1-7,12-14H,8-11H2,(H2,25,26,27,28). The molecule has 2 aromatic carbocycles. The predicted molar refractivity (Wildman–Crippen MR) is 121 cm³/mol. The summed E-state index contributed by atoms with van der Waals surface area (Å²) in [6.07, 6.45) is 3.33. The van der Waals surface area contributed by atoms with Gasteiger partial charge in [-0.3, -0.25) is 0 Å². The van der Waals surface area contributed by atoms with E-state index in [9.17, 15) is 0 Å². The lowest BCUT2D eigenvalue weighted by Crippen LogP contribution is -2.15. The summed E-state index contributed by atoms with van der Waals surface area (Å²) in [6, 6.07) is 15.0. The predicted octanol–water partition coefficient (Wildman–Crippen LogP) is 4.77. The van der Waals surface area contributed by atoms with Crippen molar-refractivity contribution in [2.75, 3.05) is 37.1 Å². The number of benzene rings is 2. The van der Waals surface area contributed by atoms with Crippen LogP contribution < -0.4 is 29.6 Å². The maximum absolute atomic E-state index is 5.70. The molecule has 0 aliphatic carbocycles. The Kier molecular flexibility index (Phi) is 4.83. The summed E-state index contributed by atoms with van der Waals surface area (Å²) in [4.78, 5) is 9.18. The third-order valence-electron chi connectivity index (χ3n) is 5.18. The monoisotopic (exact) mass is 444 g/mol. The molecule has 6 rings (SSSR count). The van der Waals surface area contributed by atoms with Crippen molar-refractivity contribution in [2.24, 2.45) is 0 Å². The fourth-order valence-corrected chi connectivity index (χ4v) is 3.66. The summed E-state index contributed by atoms with van der Waals surface area (Å²) < 4.78 is 28.2. The van der Waals surface area contributed by atoms with Crippen molar-refractivity contribution in [3.8, 4) is 34.3 Å². The summed E-state index contributed by atoms with van der Waals surface area (Å²) in [5, 5.41) is 6.59. The van der Waals surface area contributed by atoms with Gasteiger partial charge in [0.15, 0.2) is 23.0 Å². The van der Waals surface area contributed by atoms with Crippen LogP contribution in [0.15, 0.2) is 65.4 Å². The molecule has 9 heteroatoms. The smallest absolute Gasteiger partial charge is 0.229 e. The highest BCUT2D eigenvalue weighted by Gasteiger charge is 2.17. The number of hydrogen-bond acceptors (Lipinski definition) is 9. The SMILES string of the molecule is c1coc(-c2cnc(Nc3ccc4c(c3)OCCO4)nc2Nc2ccc3c(c2)OCCO3)c1. The van der Waals surface area contributed by atoms with Crippen LogP contribution in [0.3, 0.4) is 0 Å². The van der Waals surface area contributed by atoms with Crippen LogP contribution in [0.4, 0.5) is 23.1 Å². The molecule has 4 aromatic rings. The summed E-state index contributed by atoms with van der Waals surface area (Å²) >= 11 is 0. The molecular weight excluding hydrogens is 424 g/mol.